The summed E-state index contributed by atoms with van der Waals surface area (Å²) < 4.78 is 4.77. The first kappa shape index (κ1) is 28.3. The average molecular weight is 639 g/mol. The highest BCUT2D eigenvalue weighted by Gasteiger charge is 2.20. The largest absolute Gasteiger partial charge is 0.309 e. The fourth-order valence-corrected chi connectivity index (χ4v) is 7.41. The van der Waals surface area contributed by atoms with Crippen molar-refractivity contribution in [3.8, 4) is 45.3 Å². The third kappa shape index (κ3) is 4.54. The standard InChI is InChI=1S/C46H30N4/c1-5-15-31(16-6-1)42-28-34-29-44-39(30-43(34)50(42)36-21-11-4-12-22-36)38-27-33(25-26-41(38)49(44)35-19-9-3-10-20-35)46-47-40-24-14-13-23-37(40)45(48-46)32-17-7-2-8-18-32/h1-30H. The fourth-order valence-electron chi connectivity index (χ4n) is 7.41. The Morgan fingerprint density at radius 3 is 1.68 bits per heavy atom. The van der Waals surface area contributed by atoms with Gasteiger partial charge in [0.2, 0.25) is 0 Å². The molecule has 0 radical (unpaired) electrons. The Morgan fingerprint density at radius 2 is 0.960 bits per heavy atom. The molecule has 10 rings (SSSR count). The summed E-state index contributed by atoms with van der Waals surface area (Å²) in [6.45, 7) is 0. The van der Waals surface area contributed by atoms with E-state index in [2.05, 4.69) is 179 Å². The van der Waals surface area contributed by atoms with Gasteiger partial charge in [0.05, 0.1) is 33.5 Å². The van der Waals surface area contributed by atoms with Crippen LogP contribution in [0.4, 0.5) is 0 Å². The van der Waals surface area contributed by atoms with Crippen molar-refractivity contribution in [2.75, 3.05) is 0 Å². The van der Waals surface area contributed by atoms with Crippen LogP contribution < -0.4 is 0 Å². The Bertz CT molecular complexity index is 2840. The second kappa shape index (κ2) is 11.4. The molecule has 4 heteroatoms. The van der Waals surface area contributed by atoms with Crippen molar-refractivity contribution in [1.29, 1.82) is 0 Å². The molecule has 0 unspecified atom stereocenters. The second-order valence-electron chi connectivity index (χ2n) is 12.7. The predicted molar refractivity (Wildman–Crippen MR) is 207 cm³/mol. The van der Waals surface area contributed by atoms with Gasteiger partial charge in [0.1, 0.15) is 0 Å². The number of fused-ring (bicyclic) bond motifs is 5. The minimum atomic E-state index is 0.713. The summed E-state index contributed by atoms with van der Waals surface area (Å²) in [6.07, 6.45) is 0. The Balaban J connectivity index is 1.27. The van der Waals surface area contributed by atoms with Gasteiger partial charge in [0.15, 0.2) is 5.82 Å². The molecular weight excluding hydrogens is 609 g/mol. The first-order valence-electron chi connectivity index (χ1n) is 16.9. The molecule has 0 amide bonds. The van der Waals surface area contributed by atoms with Crippen molar-refractivity contribution in [2.24, 2.45) is 0 Å². The molecule has 0 saturated carbocycles. The maximum Gasteiger partial charge on any atom is 0.160 e. The normalized spacial score (nSPS) is 11.6. The lowest BCUT2D eigenvalue weighted by Gasteiger charge is -2.11. The van der Waals surface area contributed by atoms with Crippen LogP contribution in [-0.2, 0) is 0 Å². The van der Waals surface area contributed by atoms with Crippen LogP contribution in [0.5, 0.6) is 0 Å². The number of hydrogen-bond acceptors (Lipinski definition) is 2. The van der Waals surface area contributed by atoms with Crippen molar-refractivity contribution in [1.82, 2.24) is 19.1 Å². The lowest BCUT2D eigenvalue weighted by atomic mass is 10.0. The van der Waals surface area contributed by atoms with Crippen LogP contribution >= 0.6 is 0 Å². The van der Waals surface area contributed by atoms with Gasteiger partial charge < -0.3 is 9.13 Å². The highest BCUT2D eigenvalue weighted by molar-refractivity contribution is 6.15. The number of benzene rings is 7. The molecule has 0 N–H and O–H groups in total. The summed E-state index contributed by atoms with van der Waals surface area (Å²) in [5.74, 6) is 0.713. The van der Waals surface area contributed by atoms with E-state index in [0.29, 0.717) is 5.82 Å². The van der Waals surface area contributed by atoms with Crippen molar-refractivity contribution >= 4 is 43.6 Å². The smallest absolute Gasteiger partial charge is 0.160 e. The molecule has 0 fully saturated rings. The van der Waals surface area contributed by atoms with Crippen LogP contribution in [0.2, 0.25) is 0 Å². The molecule has 3 aromatic heterocycles. The van der Waals surface area contributed by atoms with Crippen molar-refractivity contribution in [2.45, 2.75) is 0 Å². The van der Waals surface area contributed by atoms with E-state index in [1.165, 1.54) is 16.3 Å². The third-order valence-corrected chi connectivity index (χ3v) is 9.69. The van der Waals surface area contributed by atoms with E-state index in [4.69, 9.17) is 9.97 Å². The Morgan fingerprint density at radius 1 is 0.360 bits per heavy atom. The number of hydrogen-bond donors (Lipinski definition) is 0. The molecule has 10 aromatic rings. The molecule has 4 nitrogen and oxygen atoms in total. The zero-order chi connectivity index (χ0) is 33.0. The fraction of sp³-hybridized carbons (Fsp3) is 0. The molecule has 0 aliphatic carbocycles. The van der Waals surface area contributed by atoms with E-state index in [1.54, 1.807) is 0 Å². The van der Waals surface area contributed by atoms with Gasteiger partial charge >= 0.3 is 0 Å². The highest BCUT2D eigenvalue weighted by Crippen LogP contribution is 2.40. The lowest BCUT2D eigenvalue weighted by molar-refractivity contribution is 1.13. The zero-order valence-electron chi connectivity index (χ0n) is 27.1. The van der Waals surface area contributed by atoms with Crippen LogP contribution in [0.25, 0.3) is 88.9 Å². The predicted octanol–water partition coefficient (Wildman–Crippen LogP) is 11.7. The first-order valence-corrected chi connectivity index (χ1v) is 16.9. The van der Waals surface area contributed by atoms with E-state index < -0.39 is 0 Å². The molecule has 0 bridgehead atoms. The maximum absolute atomic E-state index is 5.21. The van der Waals surface area contributed by atoms with Crippen LogP contribution in [0, 0.1) is 0 Å². The van der Waals surface area contributed by atoms with Crippen molar-refractivity contribution in [3.05, 3.63) is 182 Å². The van der Waals surface area contributed by atoms with Crippen LogP contribution in [0.15, 0.2) is 182 Å². The van der Waals surface area contributed by atoms with Crippen LogP contribution in [0.3, 0.4) is 0 Å². The minimum absolute atomic E-state index is 0.713. The lowest BCUT2D eigenvalue weighted by Crippen LogP contribution is -1.96. The molecule has 0 spiro atoms. The van der Waals surface area contributed by atoms with Gasteiger partial charge in [0.25, 0.3) is 0 Å². The summed E-state index contributed by atoms with van der Waals surface area (Å²) in [6, 6.07) is 64.3. The van der Waals surface area contributed by atoms with E-state index in [1.807, 2.05) is 12.1 Å². The summed E-state index contributed by atoms with van der Waals surface area (Å²) >= 11 is 0. The molecule has 7 aromatic carbocycles. The topological polar surface area (TPSA) is 35.6 Å². The van der Waals surface area contributed by atoms with Crippen LogP contribution in [-0.4, -0.2) is 19.1 Å². The van der Waals surface area contributed by atoms with E-state index in [-0.39, 0.29) is 0 Å². The SMILES string of the molecule is c1ccc(-c2nc(-c3ccc4c(c3)c3cc5c(cc(-c6ccccc6)n5-c5ccccc5)cc3n4-c3ccccc3)nc3ccccc23)cc1. The average Bonchev–Trinajstić information content (AvgIpc) is 3.72. The van der Waals surface area contributed by atoms with Gasteiger partial charge in [-0.15, -0.1) is 0 Å². The second-order valence-corrected chi connectivity index (χ2v) is 12.7. The van der Waals surface area contributed by atoms with Gasteiger partial charge in [-0.3, -0.25) is 0 Å². The molecule has 0 aliphatic heterocycles. The van der Waals surface area contributed by atoms with E-state index in [9.17, 15) is 0 Å². The molecule has 50 heavy (non-hydrogen) atoms. The molecular formula is C46H30N4. The van der Waals surface area contributed by atoms with Crippen LogP contribution in [0.1, 0.15) is 0 Å². The zero-order valence-corrected chi connectivity index (χ0v) is 27.1. The summed E-state index contributed by atoms with van der Waals surface area (Å²) in [5, 5.41) is 4.56. The Labute approximate surface area is 289 Å². The van der Waals surface area contributed by atoms with E-state index >= 15 is 0 Å². The van der Waals surface area contributed by atoms with Crippen molar-refractivity contribution < 1.29 is 0 Å². The quantitative estimate of drug-likeness (QED) is 0.188. The summed E-state index contributed by atoms with van der Waals surface area (Å²) in [5.41, 5.74) is 12.0. The first-order chi connectivity index (χ1) is 24.8. The van der Waals surface area contributed by atoms with Gasteiger partial charge in [-0.05, 0) is 72.3 Å². The molecule has 3 heterocycles. The number of para-hydroxylation sites is 3. The van der Waals surface area contributed by atoms with E-state index in [0.717, 1.165) is 66.7 Å². The molecule has 0 aliphatic rings. The number of nitrogens with zero attached hydrogens (tertiary/aromatic N) is 4. The third-order valence-electron chi connectivity index (χ3n) is 9.69. The highest BCUT2D eigenvalue weighted by atomic mass is 15.0. The summed E-state index contributed by atoms with van der Waals surface area (Å²) in [4.78, 5) is 10.3. The Kier molecular flexibility index (Phi) is 6.46. The van der Waals surface area contributed by atoms with Gasteiger partial charge in [-0.25, -0.2) is 9.97 Å². The number of rotatable bonds is 5. The Hall–Kier alpha value is -6.78. The minimum Gasteiger partial charge on any atom is -0.309 e. The van der Waals surface area contributed by atoms with Gasteiger partial charge in [0, 0.05) is 44.0 Å². The molecule has 0 saturated heterocycles. The van der Waals surface area contributed by atoms with Gasteiger partial charge in [-0.1, -0.05) is 115 Å². The van der Waals surface area contributed by atoms with Crippen molar-refractivity contribution in [3.63, 3.8) is 0 Å². The summed E-state index contributed by atoms with van der Waals surface area (Å²) in [7, 11) is 0. The number of aromatic nitrogens is 4. The van der Waals surface area contributed by atoms with Gasteiger partial charge in [-0.2, -0.15) is 0 Å². The molecule has 0 atom stereocenters. The maximum atomic E-state index is 5.21. The molecule has 234 valence electrons. The monoisotopic (exact) mass is 638 g/mol.